The molecule has 0 aliphatic rings. The number of hydrogen-bond acceptors (Lipinski definition) is 3. The quantitative estimate of drug-likeness (QED) is 0.503. The van der Waals surface area contributed by atoms with Crippen molar-refractivity contribution in [3.8, 4) is 12.3 Å². The van der Waals surface area contributed by atoms with Gasteiger partial charge in [-0.1, -0.05) is 6.92 Å². The van der Waals surface area contributed by atoms with Gasteiger partial charge in [-0.2, -0.15) is 0 Å². The van der Waals surface area contributed by atoms with Crippen molar-refractivity contribution in [3.05, 3.63) is 39.7 Å². The van der Waals surface area contributed by atoms with Crippen molar-refractivity contribution >= 4 is 11.6 Å². The molecule has 0 heterocycles. The number of carbonyl (C=O) groups excluding carboxylic acids is 1. The number of nitrogens with zero attached hydrogens (tertiary/aromatic N) is 1. The van der Waals surface area contributed by atoms with E-state index in [1.165, 1.54) is 0 Å². The second kappa shape index (κ2) is 6.50. The highest BCUT2D eigenvalue weighted by atomic mass is 19.1. The van der Waals surface area contributed by atoms with Gasteiger partial charge in [-0.05, 0) is 12.5 Å². The fourth-order valence-electron chi connectivity index (χ4n) is 1.50. The fraction of sp³-hybridized carbons (Fsp3) is 0.308. The third kappa shape index (κ3) is 3.78. The van der Waals surface area contributed by atoms with E-state index in [4.69, 9.17) is 6.42 Å². The number of amides is 1. The summed E-state index contributed by atoms with van der Waals surface area (Å²) in [6.45, 7) is 1.83. The van der Waals surface area contributed by atoms with Crippen molar-refractivity contribution in [1.82, 2.24) is 5.32 Å². The van der Waals surface area contributed by atoms with E-state index in [1.54, 1.807) is 0 Å². The van der Waals surface area contributed by atoms with Crippen LogP contribution in [0, 0.1) is 28.3 Å². The molecule has 0 saturated carbocycles. The first-order valence-corrected chi connectivity index (χ1v) is 5.67. The van der Waals surface area contributed by atoms with Crippen LogP contribution in [-0.4, -0.2) is 16.9 Å². The standard InChI is InChI=1S/C13H13FN2O3/c1-3-5-9(4-2)15-13(17)11-8-10(16(18)19)6-7-12(11)14/h1,6-9H,4-5H2,2H3,(H,15,17). The molecule has 1 aromatic rings. The SMILES string of the molecule is C#CCC(CC)NC(=O)c1cc([N+](=O)[O-])ccc1F. The summed E-state index contributed by atoms with van der Waals surface area (Å²) in [6.07, 6.45) is 6.06. The predicted octanol–water partition coefficient (Wildman–Crippen LogP) is 2.27. The van der Waals surface area contributed by atoms with Gasteiger partial charge >= 0.3 is 0 Å². The summed E-state index contributed by atoms with van der Waals surface area (Å²) in [7, 11) is 0. The summed E-state index contributed by atoms with van der Waals surface area (Å²) < 4.78 is 13.5. The van der Waals surface area contributed by atoms with Gasteiger partial charge in [0.2, 0.25) is 0 Å². The number of nitro groups is 1. The van der Waals surface area contributed by atoms with Crippen LogP contribution in [0.2, 0.25) is 0 Å². The lowest BCUT2D eigenvalue weighted by atomic mass is 10.1. The first-order chi connectivity index (χ1) is 8.99. The molecule has 1 unspecified atom stereocenters. The van der Waals surface area contributed by atoms with Crippen molar-refractivity contribution in [2.45, 2.75) is 25.8 Å². The lowest BCUT2D eigenvalue weighted by Gasteiger charge is -2.14. The van der Waals surface area contributed by atoms with Crippen LogP contribution >= 0.6 is 0 Å². The van der Waals surface area contributed by atoms with Crippen molar-refractivity contribution in [2.75, 3.05) is 0 Å². The lowest BCUT2D eigenvalue weighted by molar-refractivity contribution is -0.384. The second-order valence-corrected chi connectivity index (χ2v) is 3.91. The molecule has 100 valence electrons. The Hall–Kier alpha value is -2.42. The zero-order chi connectivity index (χ0) is 14.4. The molecule has 19 heavy (non-hydrogen) atoms. The minimum Gasteiger partial charge on any atom is -0.348 e. The Balaban J connectivity index is 2.96. The third-order valence-electron chi connectivity index (χ3n) is 2.60. The number of non-ortho nitro benzene ring substituents is 1. The molecular weight excluding hydrogens is 251 g/mol. The first kappa shape index (κ1) is 14.6. The normalized spacial score (nSPS) is 11.4. The summed E-state index contributed by atoms with van der Waals surface area (Å²) in [5.41, 5.74) is -0.693. The zero-order valence-corrected chi connectivity index (χ0v) is 10.4. The summed E-state index contributed by atoms with van der Waals surface area (Å²) in [5, 5.41) is 13.1. The molecule has 0 fully saturated rings. The molecule has 0 aliphatic heterocycles. The highest BCUT2D eigenvalue weighted by Crippen LogP contribution is 2.17. The van der Waals surface area contributed by atoms with Crippen molar-refractivity contribution in [3.63, 3.8) is 0 Å². The summed E-state index contributed by atoms with van der Waals surface area (Å²) >= 11 is 0. The molecule has 0 aliphatic carbocycles. The van der Waals surface area contributed by atoms with Crippen LogP contribution in [0.1, 0.15) is 30.1 Å². The van der Waals surface area contributed by atoms with Gasteiger partial charge in [0.05, 0.1) is 10.5 Å². The van der Waals surface area contributed by atoms with E-state index in [0.717, 1.165) is 18.2 Å². The Morgan fingerprint density at radius 2 is 2.32 bits per heavy atom. The maximum atomic E-state index is 13.5. The monoisotopic (exact) mass is 264 g/mol. The zero-order valence-electron chi connectivity index (χ0n) is 10.4. The number of hydrogen-bond donors (Lipinski definition) is 1. The highest BCUT2D eigenvalue weighted by Gasteiger charge is 2.18. The van der Waals surface area contributed by atoms with Crippen LogP contribution < -0.4 is 5.32 Å². The molecule has 0 spiro atoms. The third-order valence-corrected chi connectivity index (χ3v) is 2.60. The maximum absolute atomic E-state index is 13.5. The maximum Gasteiger partial charge on any atom is 0.270 e. The highest BCUT2D eigenvalue weighted by molar-refractivity contribution is 5.95. The van der Waals surface area contributed by atoms with Crippen molar-refractivity contribution in [2.24, 2.45) is 0 Å². The van der Waals surface area contributed by atoms with E-state index < -0.39 is 16.6 Å². The Labute approximate surface area is 110 Å². The molecule has 1 N–H and O–H groups in total. The molecule has 0 radical (unpaired) electrons. The van der Waals surface area contributed by atoms with Gasteiger partial charge in [0.15, 0.2) is 0 Å². The molecule has 5 nitrogen and oxygen atoms in total. The smallest absolute Gasteiger partial charge is 0.270 e. The van der Waals surface area contributed by atoms with E-state index in [9.17, 15) is 19.3 Å². The van der Waals surface area contributed by atoms with Crippen LogP contribution in [0.25, 0.3) is 0 Å². The van der Waals surface area contributed by atoms with Crippen LogP contribution in [0.15, 0.2) is 18.2 Å². The van der Waals surface area contributed by atoms with Crippen LogP contribution in [0.3, 0.4) is 0 Å². The minimum absolute atomic E-state index is 0.281. The molecule has 1 amide bonds. The number of nitrogens with one attached hydrogen (secondary N) is 1. The number of rotatable bonds is 5. The fourth-order valence-corrected chi connectivity index (χ4v) is 1.50. The van der Waals surface area contributed by atoms with Gasteiger partial charge in [0.25, 0.3) is 11.6 Å². The minimum atomic E-state index is -0.807. The Morgan fingerprint density at radius 1 is 1.63 bits per heavy atom. The van der Waals surface area contributed by atoms with Crippen LogP contribution in [0.4, 0.5) is 10.1 Å². The largest absolute Gasteiger partial charge is 0.348 e. The Bertz CT molecular complexity index is 537. The Kier molecular flexibility index (Phi) is 5.01. The second-order valence-electron chi connectivity index (χ2n) is 3.91. The predicted molar refractivity (Wildman–Crippen MR) is 68.0 cm³/mol. The lowest BCUT2D eigenvalue weighted by Crippen LogP contribution is -2.34. The molecule has 0 aromatic heterocycles. The molecule has 1 atom stereocenters. The number of carbonyl (C=O) groups is 1. The van der Waals surface area contributed by atoms with Crippen molar-refractivity contribution < 1.29 is 14.1 Å². The average Bonchev–Trinajstić information content (AvgIpc) is 2.38. The number of benzene rings is 1. The molecule has 0 saturated heterocycles. The number of halogens is 1. The van der Waals surface area contributed by atoms with E-state index >= 15 is 0 Å². The summed E-state index contributed by atoms with van der Waals surface area (Å²) in [5.74, 6) is 0.891. The van der Waals surface area contributed by atoms with E-state index in [2.05, 4.69) is 11.2 Å². The molecule has 0 bridgehead atoms. The van der Waals surface area contributed by atoms with E-state index in [1.807, 2.05) is 6.92 Å². The molecule has 6 heteroatoms. The molecule has 1 rings (SSSR count). The number of terminal acetylenes is 1. The average molecular weight is 264 g/mol. The first-order valence-electron chi connectivity index (χ1n) is 5.67. The number of nitro benzene ring substituents is 1. The van der Waals surface area contributed by atoms with Gasteiger partial charge in [-0.25, -0.2) is 4.39 Å². The summed E-state index contributed by atoms with van der Waals surface area (Å²) in [4.78, 5) is 21.7. The van der Waals surface area contributed by atoms with Crippen LogP contribution in [0.5, 0.6) is 0 Å². The van der Waals surface area contributed by atoms with Crippen LogP contribution in [-0.2, 0) is 0 Å². The van der Waals surface area contributed by atoms with E-state index in [-0.39, 0.29) is 17.3 Å². The summed E-state index contributed by atoms with van der Waals surface area (Å²) in [6, 6.07) is 2.53. The van der Waals surface area contributed by atoms with E-state index in [0.29, 0.717) is 12.8 Å². The van der Waals surface area contributed by atoms with Gasteiger partial charge in [-0.15, -0.1) is 12.3 Å². The van der Waals surface area contributed by atoms with Gasteiger partial charge in [-0.3, -0.25) is 14.9 Å². The van der Waals surface area contributed by atoms with Gasteiger partial charge < -0.3 is 5.32 Å². The molecule has 1 aromatic carbocycles. The van der Waals surface area contributed by atoms with Gasteiger partial charge in [0.1, 0.15) is 5.82 Å². The Morgan fingerprint density at radius 3 is 2.84 bits per heavy atom. The van der Waals surface area contributed by atoms with Crippen molar-refractivity contribution in [1.29, 1.82) is 0 Å². The molecular formula is C13H13FN2O3. The topological polar surface area (TPSA) is 72.2 Å². The van der Waals surface area contributed by atoms with Gasteiger partial charge in [0, 0.05) is 24.6 Å².